The molecule has 2 unspecified atom stereocenters. The van der Waals surface area contributed by atoms with Crippen molar-refractivity contribution in [3.63, 3.8) is 0 Å². The number of hydrogen-bond donors (Lipinski definition) is 1. The van der Waals surface area contributed by atoms with Crippen molar-refractivity contribution in [2.75, 3.05) is 33.7 Å². The third-order valence-electron chi connectivity index (χ3n) is 7.00. The Balaban J connectivity index is 1.62. The summed E-state index contributed by atoms with van der Waals surface area (Å²) in [6, 6.07) is 2.41. The maximum absolute atomic E-state index is 13.1. The largest absolute Gasteiger partial charge is 0.455 e. The molecule has 1 N–H and O–H groups in total. The van der Waals surface area contributed by atoms with Gasteiger partial charge in [-0.1, -0.05) is 6.42 Å². The fraction of sp³-hybridized carbons (Fsp3) is 0.864. The summed E-state index contributed by atoms with van der Waals surface area (Å²) in [5.41, 5.74) is -1.76. The summed E-state index contributed by atoms with van der Waals surface area (Å²) >= 11 is 0. The molecule has 2 saturated heterocycles. The number of aromatic nitrogens is 3. The third kappa shape index (κ3) is 8.40. The fourth-order valence-electron chi connectivity index (χ4n) is 4.73. The summed E-state index contributed by atoms with van der Waals surface area (Å²) < 4.78 is 31.6. The van der Waals surface area contributed by atoms with Gasteiger partial charge in [-0.25, -0.2) is 28.1 Å². The number of epoxide rings is 2. The van der Waals surface area contributed by atoms with Gasteiger partial charge in [-0.15, -0.1) is 0 Å². The first kappa shape index (κ1) is 30.4. The van der Waals surface area contributed by atoms with Crippen molar-refractivity contribution in [1.82, 2.24) is 13.7 Å². The van der Waals surface area contributed by atoms with Crippen LogP contribution in [0.1, 0.15) is 12.8 Å². The smallest absolute Gasteiger partial charge is 0.363 e. The topological polar surface area (TPSA) is 139 Å². The number of nitrogens with zero attached hydrogens (tertiary/aromatic N) is 3. The average Bonchev–Trinajstić information content (AvgIpc) is 3.75. The van der Waals surface area contributed by atoms with Crippen LogP contribution in [0.4, 0.5) is 0 Å². The predicted octanol–water partition coefficient (Wildman–Crippen LogP) is 0.443. The second-order valence-corrected chi connectivity index (χ2v) is 23.5. The lowest BCUT2D eigenvalue weighted by atomic mass is 10.4. The highest BCUT2D eigenvalue weighted by Crippen LogP contribution is 2.26. The maximum Gasteiger partial charge on any atom is 0.363 e. The highest BCUT2D eigenvalue weighted by molar-refractivity contribution is 6.84. The zero-order valence-corrected chi connectivity index (χ0v) is 26.0. The first-order valence-corrected chi connectivity index (χ1v) is 21.4. The molecule has 12 nitrogen and oxygen atoms in total. The number of aliphatic hydroxyl groups is 1. The summed E-state index contributed by atoms with van der Waals surface area (Å²) in [5, 5.41) is 9.68. The van der Waals surface area contributed by atoms with E-state index in [4.69, 9.17) is 22.4 Å². The maximum atomic E-state index is 13.1. The Bertz CT molecular complexity index is 1030. The Hall–Kier alpha value is -1.18. The van der Waals surface area contributed by atoms with Crippen molar-refractivity contribution in [3.05, 3.63) is 31.5 Å². The molecule has 2 aliphatic rings. The van der Waals surface area contributed by atoms with E-state index < -0.39 is 42.3 Å². The summed E-state index contributed by atoms with van der Waals surface area (Å²) in [4.78, 5) is 39.0. The minimum absolute atomic E-state index is 0.0706. The van der Waals surface area contributed by atoms with Crippen molar-refractivity contribution < 1.29 is 27.5 Å². The first-order chi connectivity index (χ1) is 17.4. The lowest BCUT2D eigenvalue weighted by Gasteiger charge is -2.35. The molecular weight excluding hydrogens is 535 g/mol. The molecule has 0 bridgehead atoms. The van der Waals surface area contributed by atoms with Crippen molar-refractivity contribution >= 4 is 25.2 Å². The summed E-state index contributed by atoms with van der Waals surface area (Å²) in [6.45, 7) is 10.3. The normalized spacial score (nSPS) is 19.9. The van der Waals surface area contributed by atoms with Gasteiger partial charge < -0.3 is 27.5 Å². The van der Waals surface area contributed by atoms with E-state index in [1.54, 1.807) is 14.2 Å². The van der Waals surface area contributed by atoms with Crippen LogP contribution in [0, 0.1) is 0 Å². The molecule has 1 aromatic rings. The van der Waals surface area contributed by atoms with E-state index in [9.17, 15) is 19.5 Å². The van der Waals surface area contributed by atoms with Gasteiger partial charge in [0.25, 0.3) is 0 Å². The Kier molecular flexibility index (Phi) is 10.1. The zero-order valence-electron chi connectivity index (χ0n) is 23.0. The van der Waals surface area contributed by atoms with Gasteiger partial charge in [0, 0.05) is 20.8 Å². The summed E-state index contributed by atoms with van der Waals surface area (Å²) in [5.74, 6) is 0. The molecular formula is C22H43N3O9Si3. The third-order valence-corrected chi connectivity index (χ3v) is 17.6. The molecule has 212 valence electrons. The SMILES string of the molecule is CO[Si](CO)(CCC[Si](C)(C)O[Si](C)(C)CCCn1c(=O)n(CC2CO2)c(=O)n(CC2CO2)c1=O)OC. The van der Waals surface area contributed by atoms with Gasteiger partial charge in [0.05, 0.1) is 44.7 Å². The Morgan fingerprint density at radius 1 is 0.784 bits per heavy atom. The number of ether oxygens (including phenoxy) is 2. The quantitative estimate of drug-likeness (QED) is 0.206. The second kappa shape index (κ2) is 12.3. The molecule has 2 atom stereocenters. The van der Waals surface area contributed by atoms with E-state index in [1.165, 1.54) is 4.57 Å². The Labute approximate surface area is 220 Å². The van der Waals surface area contributed by atoms with Gasteiger partial charge >= 0.3 is 25.6 Å². The molecule has 0 spiro atoms. The molecule has 0 aliphatic carbocycles. The van der Waals surface area contributed by atoms with Gasteiger partial charge in [-0.2, -0.15) is 0 Å². The summed E-state index contributed by atoms with van der Waals surface area (Å²) in [6.07, 6.45) is 1.08. The van der Waals surface area contributed by atoms with E-state index in [0.29, 0.717) is 25.7 Å². The molecule has 2 aliphatic heterocycles. The Morgan fingerprint density at radius 2 is 1.22 bits per heavy atom. The molecule has 37 heavy (non-hydrogen) atoms. The highest BCUT2D eigenvalue weighted by atomic mass is 28.4. The van der Waals surface area contributed by atoms with Gasteiger partial charge in [0.15, 0.2) is 16.6 Å². The number of aliphatic hydroxyl groups excluding tert-OH is 1. The van der Waals surface area contributed by atoms with Crippen molar-refractivity contribution in [2.45, 2.75) is 89.0 Å². The van der Waals surface area contributed by atoms with Crippen LogP contribution in [-0.2, 0) is 42.1 Å². The zero-order chi connectivity index (χ0) is 27.4. The van der Waals surface area contributed by atoms with Crippen LogP contribution < -0.4 is 17.1 Å². The van der Waals surface area contributed by atoms with E-state index >= 15 is 0 Å². The standard InChI is InChI=1S/C22H43N3O9Si3/c1-30-37(17-26,31-2)12-8-11-36(5,6)34-35(3,4)10-7-9-23-20(27)24(13-18-15-32-18)22(29)25(21(23)28)14-19-16-33-19/h18-19,26H,7-17H2,1-6H3. The van der Waals surface area contributed by atoms with Gasteiger partial charge in [0.2, 0.25) is 0 Å². The molecule has 0 radical (unpaired) electrons. The minimum atomic E-state index is -2.54. The molecule has 0 aromatic carbocycles. The van der Waals surface area contributed by atoms with Gasteiger partial charge in [0.1, 0.15) is 0 Å². The molecule has 15 heteroatoms. The van der Waals surface area contributed by atoms with Crippen LogP contribution in [0.3, 0.4) is 0 Å². The van der Waals surface area contributed by atoms with Crippen molar-refractivity contribution in [1.29, 1.82) is 0 Å². The highest BCUT2D eigenvalue weighted by Gasteiger charge is 2.37. The number of hydrogen-bond acceptors (Lipinski definition) is 9. The number of rotatable bonds is 17. The Morgan fingerprint density at radius 3 is 1.62 bits per heavy atom. The van der Waals surface area contributed by atoms with Gasteiger partial charge in [-0.05, 0) is 50.7 Å². The molecule has 1 aromatic heterocycles. The van der Waals surface area contributed by atoms with Crippen LogP contribution in [0.25, 0.3) is 0 Å². The van der Waals surface area contributed by atoms with Crippen molar-refractivity contribution in [3.8, 4) is 0 Å². The lowest BCUT2D eigenvalue weighted by Crippen LogP contribution is -2.55. The molecule has 0 saturated carbocycles. The fourth-order valence-corrected chi connectivity index (χ4v) is 15.6. The molecule has 3 rings (SSSR count). The van der Waals surface area contributed by atoms with Crippen LogP contribution in [0.5, 0.6) is 0 Å². The monoisotopic (exact) mass is 577 g/mol. The van der Waals surface area contributed by atoms with Crippen LogP contribution >= 0.6 is 0 Å². The second-order valence-electron chi connectivity index (χ2n) is 11.2. The molecule has 3 heterocycles. The van der Waals surface area contributed by atoms with Crippen molar-refractivity contribution in [2.24, 2.45) is 0 Å². The first-order valence-electron chi connectivity index (χ1n) is 12.9. The predicted molar refractivity (Wildman–Crippen MR) is 145 cm³/mol. The van der Waals surface area contributed by atoms with E-state index in [2.05, 4.69) is 26.2 Å². The van der Waals surface area contributed by atoms with E-state index in [-0.39, 0.29) is 38.1 Å². The minimum Gasteiger partial charge on any atom is -0.455 e. The van der Waals surface area contributed by atoms with E-state index in [1.807, 2.05) is 0 Å². The molecule has 0 amide bonds. The lowest BCUT2D eigenvalue weighted by molar-refractivity contribution is 0.196. The van der Waals surface area contributed by atoms with Gasteiger partial charge in [-0.3, -0.25) is 0 Å². The molecule has 2 fully saturated rings. The average molecular weight is 578 g/mol. The van der Waals surface area contributed by atoms with Crippen LogP contribution in [0.15, 0.2) is 14.4 Å². The van der Waals surface area contributed by atoms with Crippen LogP contribution in [0.2, 0.25) is 44.3 Å². The van der Waals surface area contributed by atoms with Crippen LogP contribution in [-0.4, -0.2) is 89.9 Å². The summed E-state index contributed by atoms with van der Waals surface area (Å²) in [7, 11) is -3.44. The van der Waals surface area contributed by atoms with E-state index in [0.717, 1.165) is 27.6 Å².